The van der Waals surface area contributed by atoms with Gasteiger partial charge in [-0.1, -0.05) is 12.1 Å². The van der Waals surface area contributed by atoms with Gasteiger partial charge in [-0.15, -0.1) is 0 Å². The quantitative estimate of drug-likeness (QED) is 0.626. The summed E-state index contributed by atoms with van der Waals surface area (Å²) in [6.45, 7) is 1.86. The summed E-state index contributed by atoms with van der Waals surface area (Å²) >= 11 is 5.56. The molecule has 12 heavy (non-hydrogen) atoms. The number of benzene rings is 1. The number of aromatic nitrogens is 2. The molecule has 4 heteroatoms. The van der Waals surface area contributed by atoms with Crippen LogP contribution in [0.3, 0.4) is 0 Å². The molecule has 0 amide bonds. The number of imidazole rings is 1. The van der Waals surface area contributed by atoms with E-state index in [0.717, 1.165) is 5.56 Å². The molecule has 2 aromatic rings. The van der Waals surface area contributed by atoms with Gasteiger partial charge >= 0.3 is 0 Å². The summed E-state index contributed by atoms with van der Waals surface area (Å²) in [6.07, 6.45) is 0. The average molecular weight is 182 g/mol. The molecule has 0 aliphatic rings. The molecule has 2 rings (SSSR count). The van der Waals surface area contributed by atoms with Crippen molar-refractivity contribution in [2.24, 2.45) is 0 Å². The molecule has 0 atom stereocenters. The van der Waals surface area contributed by atoms with E-state index in [9.17, 15) is 5.21 Å². The van der Waals surface area contributed by atoms with Crippen LogP contribution in [0.25, 0.3) is 11.0 Å². The highest BCUT2D eigenvalue weighted by atomic mass is 35.5. The molecule has 62 valence electrons. The topological polar surface area (TPSA) is 40.9 Å². The first-order valence-corrected chi connectivity index (χ1v) is 3.89. The van der Waals surface area contributed by atoms with Crippen LogP contribution in [0.5, 0.6) is 0 Å². The van der Waals surface area contributed by atoms with E-state index in [1.54, 1.807) is 6.07 Å². The van der Waals surface area contributed by atoms with Gasteiger partial charge in [0.25, 0.3) is 0 Å². The van der Waals surface area contributed by atoms with Crippen LogP contribution >= 0.6 is 11.6 Å². The highest BCUT2D eigenvalue weighted by molar-refractivity contribution is 6.29. The van der Waals surface area contributed by atoms with Crippen molar-refractivity contribution < 1.29 is 0 Å². The molecule has 0 radical (unpaired) electrons. The first kappa shape index (κ1) is 7.43. The first-order chi connectivity index (χ1) is 5.70. The van der Waals surface area contributed by atoms with Crippen LogP contribution < -0.4 is 0 Å². The van der Waals surface area contributed by atoms with Crippen molar-refractivity contribution in [3.8, 4) is 0 Å². The summed E-state index contributed by atoms with van der Waals surface area (Å²) in [4.78, 5) is 3.89. The largest absolute Gasteiger partial charge is 0.804 e. The van der Waals surface area contributed by atoms with E-state index in [1.807, 2.05) is 19.1 Å². The summed E-state index contributed by atoms with van der Waals surface area (Å²) in [6, 6.07) is 5.47. The third-order valence-corrected chi connectivity index (χ3v) is 2.04. The molecule has 0 aliphatic heterocycles. The van der Waals surface area contributed by atoms with Crippen LogP contribution in [-0.2, 0) is 0 Å². The zero-order valence-electron chi connectivity index (χ0n) is 6.41. The minimum absolute atomic E-state index is 0.0145. The van der Waals surface area contributed by atoms with Crippen molar-refractivity contribution in [3.05, 3.63) is 34.3 Å². The minimum Gasteiger partial charge on any atom is -0.804 e. The molecule has 0 aliphatic carbocycles. The lowest BCUT2D eigenvalue weighted by atomic mass is 10.2. The lowest BCUT2D eigenvalue weighted by Gasteiger charge is -2.09. The van der Waals surface area contributed by atoms with E-state index in [2.05, 4.69) is 4.98 Å². The Morgan fingerprint density at radius 3 is 2.92 bits per heavy atom. The maximum Gasteiger partial charge on any atom is 0.198 e. The molecule has 1 heterocycles. The molecule has 0 saturated carbocycles. The molecule has 0 bridgehead atoms. The zero-order valence-corrected chi connectivity index (χ0v) is 7.17. The number of hydrogen-bond acceptors (Lipinski definition) is 2. The molecule has 1 aromatic heterocycles. The first-order valence-electron chi connectivity index (χ1n) is 3.51. The molecule has 0 fully saturated rings. The van der Waals surface area contributed by atoms with Crippen molar-refractivity contribution in [2.75, 3.05) is 0 Å². The van der Waals surface area contributed by atoms with Crippen LogP contribution in [0.15, 0.2) is 18.2 Å². The molecular weight excluding hydrogens is 176 g/mol. The molecule has 0 spiro atoms. The van der Waals surface area contributed by atoms with Crippen LogP contribution in [0.1, 0.15) is 5.56 Å². The van der Waals surface area contributed by atoms with E-state index < -0.39 is 0 Å². The summed E-state index contributed by atoms with van der Waals surface area (Å²) in [5.74, 6) is 0. The smallest absolute Gasteiger partial charge is 0.198 e. The summed E-state index contributed by atoms with van der Waals surface area (Å²) in [5, 5.41) is 11.3. The van der Waals surface area contributed by atoms with Crippen LogP contribution in [0.4, 0.5) is 0 Å². The maximum atomic E-state index is 11.3. The second kappa shape index (κ2) is 2.38. The molecular formula is C8H6ClN2O-. The molecule has 0 unspecified atom stereocenters. The summed E-state index contributed by atoms with van der Waals surface area (Å²) in [5.41, 5.74) is 2.10. The van der Waals surface area contributed by atoms with Crippen molar-refractivity contribution in [1.29, 1.82) is 0 Å². The SMILES string of the molecule is Cc1cccc2nc(Cl)n([O-])c12. The van der Waals surface area contributed by atoms with E-state index >= 15 is 0 Å². The van der Waals surface area contributed by atoms with Crippen molar-refractivity contribution >= 4 is 22.6 Å². The number of halogens is 1. The number of rotatable bonds is 0. The van der Waals surface area contributed by atoms with E-state index in [1.165, 1.54) is 0 Å². The van der Waals surface area contributed by atoms with E-state index in [4.69, 9.17) is 11.6 Å². The normalized spacial score (nSPS) is 10.8. The molecule has 1 aromatic carbocycles. The number of para-hydroxylation sites is 1. The highest BCUT2D eigenvalue weighted by Gasteiger charge is 2.03. The van der Waals surface area contributed by atoms with Gasteiger partial charge in [-0.2, -0.15) is 0 Å². The maximum absolute atomic E-state index is 11.3. The van der Waals surface area contributed by atoms with Gasteiger partial charge in [0, 0.05) is 0 Å². The Labute approximate surface area is 74.2 Å². The van der Waals surface area contributed by atoms with Gasteiger partial charge in [-0.25, -0.2) is 4.98 Å². The summed E-state index contributed by atoms with van der Waals surface area (Å²) in [7, 11) is 0. The van der Waals surface area contributed by atoms with E-state index in [-0.39, 0.29) is 5.28 Å². The van der Waals surface area contributed by atoms with Crippen LogP contribution in [-0.4, -0.2) is 9.71 Å². The van der Waals surface area contributed by atoms with Gasteiger partial charge in [0.1, 0.15) is 0 Å². The number of fused-ring (bicyclic) bond motifs is 1. The van der Waals surface area contributed by atoms with Crippen LogP contribution in [0, 0.1) is 12.1 Å². The van der Waals surface area contributed by atoms with Gasteiger partial charge in [0.2, 0.25) is 0 Å². The fraction of sp³-hybridized carbons (Fsp3) is 0.125. The molecule has 0 N–H and O–H groups in total. The fourth-order valence-electron chi connectivity index (χ4n) is 1.23. The second-order valence-corrected chi connectivity index (χ2v) is 2.96. The Hall–Kier alpha value is -1.22. The predicted molar refractivity (Wildman–Crippen MR) is 48.2 cm³/mol. The standard InChI is InChI=1S/C8H6ClN2O/c1-5-3-2-4-6-7(5)11(12)8(9)10-6/h2-4H,1H3/q-1. The van der Waals surface area contributed by atoms with Crippen molar-refractivity contribution in [3.63, 3.8) is 0 Å². The zero-order chi connectivity index (χ0) is 8.72. The minimum atomic E-state index is -0.0145. The van der Waals surface area contributed by atoms with Crippen molar-refractivity contribution in [2.45, 2.75) is 6.92 Å². The lowest BCUT2D eigenvalue weighted by Crippen LogP contribution is -1.86. The Morgan fingerprint density at radius 2 is 2.25 bits per heavy atom. The van der Waals surface area contributed by atoms with Gasteiger partial charge in [0.15, 0.2) is 5.28 Å². The third kappa shape index (κ3) is 0.865. The predicted octanol–water partition coefficient (Wildman–Crippen LogP) is 2.34. The highest BCUT2D eigenvalue weighted by Crippen LogP contribution is 2.21. The molecule has 0 saturated heterocycles. The fourth-order valence-corrected chi connectivity index (χ4v) is 1.41. The third-order valence-electron chi connectivity index (χ3n) is 1.80. The van der Waals surface area contributed by atoms with Gasteiger partial charge in [-0.3, -0.25) is 0 Å². The van der Waals surface area contributed by atoms with Gasteiger partial charge in [-0.05, 0) is 30.2 Å². The average Bonchev–Trinajstić information content (AvgIpc) is 2.29. The second-order valence-electron chi connectivity index (χ2n) is 2.62. The monoisotopic (exact) mass is 181 g/mol. The summed E-state index contributed by atoms with van der Waals surface area (Å²) < 4.78 is 0.645. The van der Waals surface area contributed by atoms with Crippen LogP contribution in [0.2, 0.25) is 5.28 Å². The van der Waals surface area contributed by atoms with E-state index in [0.29, 0.717) is 15.8 Å². The number of nitrogens with zero attached hydrogens (tertiary/aromatic N) is 2. The number of aryl methyl sites for hydroxylation is 1. The lowest BCUT2D eigenvalue weighted by molar-refractivity contribution is 1.11. The van der Waals surface area contributed by atoms with Gasteiger partial charge in [0.05, 0.1) is 11.0 Å². The molecule has 3 nitrogen and oxygen atoms in total. The Morgan fingerprint density at radius 1 is 1.50 bits per heavy atom. The Bertz CT molecular complexity index is 436. The van der Waals surface area contributed by atoms with Gasteiger partial charge < -0.3 is 9.94 Å². The Kier molecular flexibility index (Phi) is 1.48. The van der Waals surface area contributed by atoms with Crippen molar-refractivity contribution in [1.82, 2.24) is 9.71 Å². The Balaban J connectivity index is 2.97. The number of hydrogen-bond donors (Lipinski definition) is 0.